The van der Waals surface area contributed by atoms with Crippen LogP contribution in [0.1, 0.15) is 46.0 Å². The summed E-state index contributed by atoms with van der Waals surface area (Å²) < 4.78 is 5.64. The minimum atomic E-state index is -0.627. The van der Waals surface area contributed by atoms with E-state index in [2.05, 4.69) is 25.8 Å². The third kappa shape index (κ3) is 3.11. The number of nitrogens with zero attached hydrogens (tertiary/aromatic N) is 1. The smallest absolute Gasteiger partial charge is 0.308 e. The van der Waals surface area contributed by atoms with E-state index in [-0.39, 0.29) is 18.1 Å². The number of hydrogen-bond acceptors (Lipinski definition) is 3. The first-order valence-electron chi connectivity index (χ1n) is 7.61. The molecule has 1 saturated heterocycles. The molecule has 0 aromatic rings. The minimum Gasteiger partial charge on any atom is -0.481 e. The molecular weight excluding hydrogens is 242 g/mol. The van der Waals surface area contributed by atoms with Gasteiger partial charge in [-0.1, -0.05) is 13.3 Å². The maximum Gasteiger partial charge on any atom is 0.308 e. The van der Waals surface area contributed by atoms with Crippen molar-refractivity contribution in [3.05, 3.63) is 0 Å². The van der Waals surface area contributed by atoms with E-state index < -0.39 is 5.97 Å². The molecule has 2 rings (SSSR count). The van der Waals surface area contributed by atoms with E-state index in [9.17, 15) is 9.90 Å². The Hall–Kier alpha value is -0.610. The molecule has 1 aliphatic heterocycles. The van der Waals surface area contributed by atoms with Gasteiger partial charge in [-0.25, -0.2) is 0 Å². The largest absolute Gasteiger partial charge is 0.481 e. The highest BCUT2D eigenvalue weighted by molar-refractivity contribution is 5.71. The molecule has 0 aromatic heterocycles. The molecule has 4 heteroatoms. The number of carboxylic acids is 1. The molecule has 1 saturated carbocycles. The Morgan fingerprint density at radius 2 is 2.05 bits per heavy atom. The van der Waals surface area contributed by atoms with Crippen LogP contribution in [0.5, 0.6) is 0 Å². The van der Waals surface area contributed by atoms with Gasteiger partial charge in [0.15, 0.2) is 0 Å². The SMILES string of the molecule is CCC1CCC(C(=O)O)C(N(C)C2CCOC2C)C1. The maximum absolute atomic E-state index is 11.5. The highest BCUT2D eigenvalue weighted by atomic mass is 16.5. The van der Waals surface area contributed by atoms with E-state index in [0.29, 0.717) is 12.0 Å². The van der Waals surface area contributed by atoms with E-state index >= 15 is 0 Å². The fraction of sp³-hybridized carbons (Fsp3) is 0.933. The second kappa shape index (κ2) is 6.23. The lowest BCUT2D eigenvalue weighted by Gasteiger charge is -2.42. The van der Waals surface area contributed by atoms with Gasteiger partial charge in [-0.15, -0.1) is 0 Å². The zero-order valence-electron chi connectivity index (χ0n) is 12.3. The molecular formula is C15H27NO3. The van der Waals surface area contributed by atoms with Crippen molar-refractivity contribution in [1.82, 2.24) is 4.90 Å². The molecule has 5 unspecified atom stereocenters. The van der Waals surface area contributed by atoms with Crippen LogP contribution in [0.15, 0.2) is 0 Å². The van der Waals surface area contributed by atoms with Gasteiger partial charge in [-0.05, 0) is 45.6 Å². The molecule has 1 aliphatic carbocycles. The van der Waals surface area contributed by atoms with Gasteiger partial charge in [0.25, 0.3) is 0 Å². The van der Waals surface area contributed by atoms with Gasteiger partial charge in [0, 0.05) is 18.7 Å². The Bertz CT molecular complexity index is 321. The molecule has 1 N–H and O–H groups in total. The van der Waals surface area contributed by atoms with Gasteiger partial charge in [0.1, 0.15) is 0 Å². The summed E-state index contributed by atoms with van der Waals surface area (Å²) in [5, 5.41) is 9.47. The van der Waals surface area contributed by atoms with Gasteiger partial charge in [0.2, 0.25) is 0 Å². The number of likely N-dealkylation sites (N-methyl/N-ethyl adjacent to an activating group) is 1. The second-order valence-electron chi connectivity index (χ2n) is 6.20. The third-order valence-corrected chi connectivity index (χ3v) is 5.20. The van der Waals surface area contributed by atoms with Crippen LogP contribution in [0.25, 0.3) is 0 Å². The molecule has 2 aliphatic rings. The molecule has 110 valence electrons. The van der Waals surface area contributed by atoms with Crippen LogP contribution in [-0.4, -0.2) is 47.8 Å². The zero-order valence-corrected chi connectivity index (χ0v) is 12.3. The summed E-state index contributed by atoms with van der Waals surface area (Å²) in [6.07, 6.45) is 5.32. The molecule has 2 fully saturated rings. The summed E-state index contributed by atoms with van der Waals surface area (Å²) in [4.78, 5) is 13.8. The topological polar surface area (TPSA) is 49.8 Å². The normalized spacial score (nSPS) is 39.7. The van der Waals surface area contributed by atoms with Gasteiger partial charge < -0.3 is 9.84 Å². The standard InChI is InChI=1S/C15H27NO3/c1-4-11-5-6-12(15(17)18)14(9-11)16(3)13-7-8-19-10(13)2/h10-14H,4-9H2,1-3H3,(H,17,18). The Balaban J connectivity index is 2.09. The van der Waals surface area contributed by atoms with Gasteiger partial charge in [-0.2, -0.15) is 0 Å². The molecule has 0 aromatic carbocycles. The van der Waals surface area contributed by atoms with E-state index in [1.165, 1.54) is 0 Å². The van der Waals surface area contributed by atoms with Crippen molar-refractivity contribution >= 4 is 5.97 Å². The summed E-state index contributed by atoms with van der Waals surface area (Å²) >= 11 is 0. The van der Waals surface area contributed by atoms with Crippen LogP contribution >= 0.6 is 0 Å². The predicted octanol–water partition coefficient (Wildman–Crippen LogP) is 2.38. The fourth-order valence-electron chi connectivity index (χ4n) is 3.84. The first kappa shape index (κ1) is 14.8. The Morgan fingerprint density at radius 1 is 1.32 bits per heavy atom. The highest BCUT2D eigenvalue weighted by Crippen LogP contribution is 2.36. The van der Waals surface area contributed by atoms with Crippen molar-refractivity contribution in [3.8, 4) is 0 Å². The number of hydrogen-bond donors (Lipinski definition) is 1. The van der Waals surface area contributed by atoms with Crippen LogP contribution in [0, 0.1) is 11.8 Å². The molecule has 0 spiro atoms. The Kier molecular flexibility index (Phi) is 4.85. The molecule has 5 atom stereocenters. The fourth-order valence-corrected chi connectivity index (χ4v) is 3.84. The number of carbonyl (C=O) groups is 1. The van der Waals surface area contributed by atoms with Crippen LogP contribution in [0.2, 0.25) is 0 Å². The first-order chi connectivity index (χ1) is 9.04. The number of rotatable bonds is 4. The molecule has 0 amide bonds. The van der Waals surface area contributed by atoms with Crippen molar-refractivity contribution < 1.29 is 14.6 Å². The molecule has 1 heterocycles. The van der Waals surface area contributed by atoms with E-state index in [1.54, 1.807) is 0 Å². The van der Waals surface area contributed by atoms with Crippen LogP contribution in [0.4, 0.5) is 0 Å². The van der Waals surface area contributed by atoms with Crippen molar-refractivity contribution in [2.75, 3.05) is 13.7 Å². The maximum atomic E-state index is 11.5. The highest BCUT2D eigenvalue weighted by Gasteiger charge is 2.41. The van der Waals surface area contributed by atoms with Crippen LogP contribution < -0.4 is 0 Å². The number of ether oxygens (including phenoxy) is 1. The third-order valence-electron chi connectivity index (χ3n) is 5.20. The summed E-state index contributed by atoms with van der Waals surface area (Å²) in [7, 11) is 2.09. The lowest BCUT2D eigenvalue weighted by atomic mass is 9.76. The molecule has 4 nitrogen and oxygen atoms in total. The van der Waals surface area contributed by atoms with E-state index in [0.717, 1.165) is 38.7 Å². The Morgan fingerprint density at radius 3 is 2.58 bits per heavy atom. The van der Waals surface area contributed by atoms with Crippen LogP contribution in [0.3, 0.4) is 0 Å². The lowest BCUT2D eigenvalue weighted by molar-refractivity contribution is -0.146. The molecule has 0 radical (unpaired) electrons. The second-order valence-corrected chi connectivity index (χ2v) is 6.20. The van der Waals surface area contributed by atoms with Crippen molar-refractivity contribution in [3.63, 3.8) is 0 Å². The quantitative estimate of drug-likeness (QED) is 0.851. The monoisotopic (exact) mass is 269 g/mol. The van der Waals surface area contributed by atoms with Crippen molar-refractivity contribution in [2.24, 2.45) is 11.8 Å². The van der Waals surface area contributed by atoms with Crippen LogP contribution in [-0.2, 0) is 9.53 Å². The average molecular weight is 269 g/mol. The van der Waals surface area contributed by atoms with Gasteiger partial charge in [0.05, 0.1) is 12.0 Å². The first-order valence-corrected chi connectivity index (χ1v) is 7.61. The number of carboxylic acid groups (broad SMARTS) is 1. The molecule has 19 heavy (non-hydrogen) atoms. The lowest BCUT2D eigenvalue weighted by Crippen LogP contribution is -2.51. The Labute approximate surface area is 116 Å². The van der Waals surface area contributed by atoms with Gasteiger partial charge >= 0.3 is 5.97 Å². The summed E-state index contributed by atoms with van der Waals surface area (Å²) in [5.74, 6) is -0.153. The number of aliphatic carboxylic acids is 1. The average Bonchev–Trinajstić information content (AvgIpc) is 2.83. The molecule has 0 bridgehead atoms. The van der Waals surface area contributed by atoms with E-state index in [1.807, 2.05) is 0 Å². The zero-order chi connectivity index (χ0) is 14.0. The van der Waals surface area contributed by atoms with Crippen molar-refractivity contribution in [1.29, 1.82) is 0 Å². The summed E-state index contributed by atoms with van der Waals surface area (Å²) in [6, 6.07) is 0.549. The minimum absolute atomic E-state index is 0.172. The summed E-state index contributed by atoms with van der Waals surface area (Å²) in [6.45, 7) is 5.12. The predicted molar refractivity (Wildman–Crippen MR) is 74.1 cm³/mol. The summed E-state index contributed by atoms with van der Waals surface area (Å²) in [5.41, 5.74) is 0. The van der Waals surface area contributed by atoms with Crippen molar-refractivity contribution in [2.45, 2.75) is 64.1 Å². The van der Waals surface area contributed by atoms with E-state index in [4.69, 9.17) is 4.74 Å². The van der Waals surface area contributed by atoms with Gasteiger partial charge in [-0.3, -0.25) is 9.69 Å².